The molecule has 1 aliphatic heterocycles. The van der Waals surface area contributed by atoms with Crippen LogP contribution in [0.15, 0.2) is 24.5 Å². The highest BCUT2D eigenvalue weighted by Gasteiger charge is 2.43. The second-order valence-electron chi connectivity index (χ2n) is 4.65. The van der Waals surface area contributed by atoms with Crippen molar-refractivity contribution in [2.45, 2.75) is 37.9 Å². The summed E-state index contributed by atoms with van der Waals surface area (Å²) in [5.74, 6) is 0. The maximum atomic E-state index is 6.24. The van der Waals surface area contributed by atoms with E-state index in [2.05, 4.69) is 53.6 Å². The van der Waals surface area contributed by atoms with Gasteiger partial charge in [-0.2, -0.15) is 0 Å². The van der Waals surface area contributed by atoms with Gasteiger partial charge in [0.05, 0.1) is 11.2 Å². The number of rotatable bonds is 2. The van der Waals surface area contributed by atoms with Crippen LogP contribution in [0.4, 0.5) is 0 Å². The Labute approximate surface area is 105 Å². The van der Waals surface area contributed by atoms with Crippen LogP contribution < -0.4 is 0 Å². The SMILES string of the molecule is CC1(CI)CCC(C)(c2ccncc2)O1. The van der Waals surface area contributed by atoms with Gasteiger partial charge in [0.25, 0.3) is 0 Å². The standard InChI is InChI=1S/C12H16INO/c1-11(9-13)5-6-12(2,15-11)10-3-7-14-8-4-10/h3-4,7-8H,5-6,9H2,1-2H3. The zero-order chi connectivity index (χ0) is 10.9. The first-order valence-electron chi connectivity index (χ1n) is 5.25. The van der Waals surface area contributed by atoms with E-state index < -0.39 is 0 Å². The second-order valence-corrected chi connectivity index (χ2v) is 5.42. The lowest BCUT2D eigenvalue weighted by Crippen LogP contribution is -2.30. The van der Waals surface area contributed by atoms with Crippen LogP contribution in [0, 0.1) is 0 Å². The van der Waals surface area contributed by atoms with Gasteiger partial charge in [0.2, 0.25) is 0 Å². The molecule has 3 heteroatoms. The molecular weight excluding hydrogens is 301 g/mol. The average molecular weight is 317 g/mol. The van der Waals surface area contributed by atoms with Gasteiger partial charge >= 0.3 is 0 Å². The summed E-state index contributed by atoms with van der Waals surface area (Å²) < 4.78 is 7.28. The zero-order valence-corrected chi connectivity index (χ0v) is 11.3. The van der Waals surface area contributed by atoms with Crippen LogP contribution in [0.25, 0.3) is 0 Å². The van der Waals surface area contributed by atoms with Gasteiger partial charge in [-0.25, -0.2) is 0 Å². The smallest absolute Gasteiger partial charge is 0.0913 e. The summed E-state index contributed by atoms with van der Waals surface area (Å²) in [5, 5.41) is 0. The van der Waals surface area contributed by atoms with Crippen LogP contribution in [0.5, 0.6) is 0 Å². The quantitative estimate of drug-likeness (QED) is 0.617. The Morgan fingerprint density at radius 3 is 2.53 bits per heavy atom. The monoisotopic (exact) mass is 317 g/mol. The maximum Gasteiger partial charge on any atom is 0.0913 e. The van der Waals surface area contributed by atoms with E-state index in [1.165, 1.54) is 5.56 Å². The first-order chi connectivity index (χ1) is 7.08. The van der Waals surface area contributed by atoms with Crippen molar-refractivity contribution in [1.82, 2.24) is 4.98 Å². The Bertz CT molecular complexity index is 343. The van der Waals surface area contributed by atoms with Crippen LogP contribution in [-0.2, 0) is 10.3 Å². The van der Waals surface area contributed by atoms with Crippen LogP contribution in [0.2, 0.25) is 0 Å². The molecule has 1 aliphatic rings. The number of hydrogen-bond acceptors (Lipinski definition) is 2. The number of alkyl halides is 1. The normalized spacial score (nSPS) is 35.7. The molecule has 0 aliphatic carbocycles. The Morgan fingerprint density at radius 1 is 1.33 bits per heavy atom. The molecule has 2 nitrogen and oxygen atoms in total. The highest BCUT2D eigenvalue weighted by atomic mass is 127. The summed E-state index contributed by atoms with van der Waals surface area (Å²) in [4.78, 5) is 4.05. The molecule has 2 unspecified atom stereocenters. The third-order valence-corrected chi connectivity index (χ3v) is 4.79. The predicted octanol–water partition coefficient (Wildman–Crippen LogP) is 3.30. The topological polar surface area (TPSA) is 22.1 Å². The molecule has 1 aromatic rings. The number of nitrogens with zero attached hydrogens (tertiary/aromatic N) is 1. The largest absolute Gasteiger partial charge is 0.364 e. The highest BCUT2D eigenvalue weighted by molar-refractivity contribution is 14.1. The van der Waals surface area contributed by atoms with Crippen molar-refractivity contribution in [2.24, 2.45) is 0 Å². The van der Waals surface area contributed by atoms with Crippen molar-refractivity contribution in [1.29, 1.82) is 0 Å². The molecule has 2 rings (SSSR count). The van der Waals surface area contributed by atoms with Crippen molar-refractivity contribution in [2.75, 3.05) is 4.43 Å². The lowest BCUT2D eigenvalue weighted by Gasteiger charge is -2.29. The van der Waals surface area contributed by atoms with Crippen LogP contribution in [-0.4, -0.2) is 15.0 Å². The minimum atomic E-state index is -0.122. The minimum absolute atomic E-state index is 0.0403. The van der Waals surface area contributed by atoms with Gasteiger partial charge in [0, 0.05) is 16.8 Å². The third kappa shape index (κ3) is 2.18. The molecule has 0 amide bonds. The van der Waals surface area contributed by atoms with Crippen molar-refractivity contribution < 1.29 is 4.74 Å². The molecule has 82 valence electrons. The van der Waals surface area contributed by atoms with E-state index in [0.717, 1.165) is 17.3 Å². The molecule has 0 saturated carbocycles. The predicted molar refractivity (Wildman–Crippen MR) is 69.2 cm³/mol. The van der Waals surface area contributed by atoms with E-state index in [-0.39, 0.29) is 11.2 Å². The van der Waals surface area contributed by atoms with Crippen molar-refractivity contribution in [3.05, 3.63) is 30.1 Å². The van der Waals surface area contributed by atoms with E-state index >= 15 is 0 Å². The van der Waals surface area contributed by atoms with E-state index in [9.17, 15) is 0 Å². The summed E-state index contributed by atoms with van der Waals surface area (Å²) in [6, 6.07) is 4.11. The first kappa shape index (κ1) is 11.3. The van der Waals surface area contributed by atoms with Gasteiger partial charge < -0.3 is 4.74 Å². The van der Waals surface area contributed by atoms with Crippen molar-refractivity contribution >= 4 is 22.6 Å². The Hall–Kier alpha value is -0.160. The summed E-state index contributed by atoms with van der Waals surface area (Å²) in [6.45, 7) is 4.38. The number of hydrogen-bond donors (Lipinski definition) is 0. The molecular formula is C12H16INO. The molecule has 1 saturated heterocycles. The Balaban J connectivity index is 2.24. The van der Waals surface area contributed by atoms with Crippen molar-refractivity contribution in [3.63, 3.8) is 0 Å². The van der Waals surface area contributed by atoms with Gasteiger partial charge in [0.15, 0.2) is 0 Å². The summed E-state index contributed by atoms with van der Waals surface area (Å²) in [5.41, 5.74) is 1.16. The fraction of sp³-hybridized carbons (Fsp3) is 0.583. The van der Waals surface area contributed by atoms with Crippen LogP contribution in [0.3, 0.4) is 0 Å². The van der Waals surface area contributed by atoms with Gasteiger partial charge in [-0.3, -0.25) is 4.98 Å². The average Bonchev–Trinajstić information content (AvgIpc) is 2.59. The molecule has 0 radical (unpaired) electrons. The number of pyridine rings is 1. The lowest BCUT2D eigenvalue weighted by molar-refractivity contribution is -0.0752. The van der Waals surface area contributed by atoms with Gasteiger partial charge in [0.1, 0.15) is 0 Å². The molecule has 2 atom stereocenters. The fourth-order valence-corrected chi connectivity index (χ4v) is 2.69. The molecule has 0 N–H and O–H groups in total. The number of ether oxygens (including phenoxy) is 1. The van der Waals surface area contributed by atoms with E-state index in [0.29, 0.717) is 0 Å². The molecule has 1 aromatic heterocycles. The summed E-state index contributed by atoms with van der Waals surface area (Å²) >= 11 is 2.40. The zero-order valence-electron chi connectivity index (χ0n) is 9.16. The minimum Gasteiger partial charge on any atom is -0.364 e. The molecule has 2 heterocycles. The summed E-state index contributed by atoms with van der Waals surface area (Å²) in [7, 11) is 0. The summed E-state index contributed by atoms with van der Waals surface area (Å²) in [6.07, 6.45) is 5.90. The molecule has 15 heavy (non-hydrogen) atoms. The molecule has 1 fully saturated rings. The lowest BCUT2D eigenvalue weighted by atomic mass is 9.93. The van der Waals surface area contributed by atoms with E-state index in [4.69, 9.17) is 4.74 Å². The second kappa shape index (κ2) is 4.01. The van der Waals surface area contributed by atoms with Crippen LogP contribution >= 0.6 is 22.6 Å². The van der Waals surface area contributed by atoms with E-state index in [1.807, 2.05) is 12.4 Å². The third-order valence-electron chi connectivity index (χ3n) is 3.18. The van der Waals surface area contributed by atoms with Gasteiger partial charge in [-0.15, -0.1) is 0 Å². The number of halogens is 1. The number of aromatic nitrogens is 1. The molecule has 0 aromatic carbocycles. The maximum absolute atomic E-state index is 6.24. The van der Waals surface area contributed by atoms with Gasteiger partial charge in [-0.1, -0.05) is 22.6 Å². The fourth-order valence-electron chi connectivity index (χ4n) is 2.15. The first-order valence-corrected chi connectivity index (χ1v) is 6.77. The highest BCUT2D eigenvalue weighted by Crippen LogP contribution is 2.44. The molecule has 0 spiro atoms. The van der Waals surface area contributed by atoms with Crippen LogP contribution in [0.1, 0.15) is 32.3 Å². The van der Waals surface area contributed by atoms with E-state index in [1.54, 1.807) is 0 Å². The molecule has 0 bridgehead atoms. The van der Waals surface area contributed by atoms with Crippen molar-refractivity contribution in [3.8, 4) is 0 Å². The Morgan fingerprint density at radius 2 is 2.00 bits per heavy atom. The van der Waals surface area contributed by atoms with Gasteiger partial charge in [-0.05, 0) is 44.4 Å². The Kier molecular flexibility index (Phi) is 3.03.